The number of benzene rings is 1. The molecule has 0 spiro atoms. The van der Waals surface area contributed by atoms with Crippen molar-refractivity contribution in [2.75, 3.05) is 39.3 Å². The Morgan fingerprint density at radius 2 is 1.76 bits per heavy atom. The Morgan fingerprint density at radius 1 is 1.10 bits per heavy atom. The fourth-order valence-corrected chi connectivity index (χ4v) is 2.73. The molecule has 0 radical (unpaired) electrons. The van der Waals surface area contributed by atoms with Gasteiger partial charge < -0.3 is 15.4 Å². The molecule has 4 nitrogen and oxygen atoms in total. The van der Waals surface area contributed by atoms with Crippen LogP contribution in [-0.2, 0) is 6.54 Å². The molecule has 21 heavy (non-hydrogen) atoms. The first-order chi connectivity index (χ1) is 10.2. The average molecular weight is 291 g/mol. The summed E-state index contributed by atoms with van der Waals surface area (Å²) >= 11 is 0. The maximum Gasteiger partial charge on any atom is 0.124 e. The molecule has 1 aliphatic rings. The summed E-state index contributed by atoms with van der Waals surface area (Å²) in [6.07, 6.45) is 1.32. The largest absolute Gasteiger partial charge is 0.491 e. The molecule has 4 heteroatoms. The van der Waals surface area contributed by atoms with Crippen LogP contribution in [0.15, 0.2) is 24.3 Å². The predicted octanol–water partition coefficient (Wildman–Crippen LogP) is 1.94. The van der Waals surface area contributed by atoms with E-state index in [-0.39, 0.29) is 6.10 Å². The lowest BCUT2D eigenvalue weighted by Gasteiger charge is -2.35. The van der Waals surface area contributed by atoms with E-state index in [0.29, 0.717) is 0 Å². The lowest BCUT2D eigenvalue weighted by molar-refractivity contribution is 0.125. The second-order valence-electron chi connectivity index (χ2n) is 6.03. The van der Waals surface area contributed by atoms with Crippen molar-refractivity contribution in [3.63, 3.8) is 0 Å². The number of ether oxygens (including phenoxy) is 1. The second kappa shape index (κ2) is 8.37. The van der Waals surface area contributed by atoms with Gasteiger partial charge in [0.05, 0.1) is 6.10 Å². The summed E-state index contributed by atoms with van der Waals surface area (Å²) < 4.78 is 5.91. The Morgan fingerprint density at radius 3 is 2.43 bits per heavy atom. The van der Waals surface area contributed by atoms with Gasteiger partial charge in [0, 0.05) is 38.3 Å². The van der Waals surface area contributed by atoms with E-state index in [1.165, 1.54) is 5.56 Å². The van der Waals surface area contributed by atoms with Crippen molar-refractivity contribution in [3.8, 4) is 5.75 Å². The zero-order valence-corrected chi connectivity index (χ0v) is 13.4. The first-order valence-electron chi connectivity index (χ1n) is 8.08. The van der Waals surface area contributed by atoms with Crippen LogP contribution in [0.1, 0.15) is 25.8 Å². The lowest BCUT2D eigenvalue weighted by Crippen LogP contribution is -2.46. The molecule has 118 valence electrons. The highest BCUT2D eigenvalue weighted by Crippen LogP contribution is 2.21. The van der Waals surface area contributed by atoms with E-state index < -0.39 is 0 Å². The van der Waals surface area contributed by atoms with Crippen LogP contribution in [0.5, 0.6) is 5.75 Å². The number of piperazine rings is 1. The Hall–Kier alpha value is -1.10. The highest BCUT2D eigenvalue weighted by Gasteiger charge is 2.17. The molecule has 0 saturated carbocycles. The first kappa shape index (κ1) is 16.3. The molecule has 0 amide bonds. The minimum absolute atomic E-state index is 0.222. The Balaban J connectivity index is 1.86. The van der Waals surface area contributed by atoms with Gasteiger partial charge in [-0.3, -0.25) is 4.90 Å². The third kappa shape index (κ3) is 5.30. The smallest absolute Gasteiger partial charge is 0.124 e. The van der Waals surface area contributed by atoms with Crippen LogP contribution in [-0.4, -0.2) is 55.2 Å². The zero-order valence-electron chi connectivity index (χ0n) is 13.4. The van der Waals surface area contributed by atoms with Crippen molar-refractivity contribution in [3.05, 3.63) is 29.8 Å². The van der Waals surface area contributed by atoms with Gasteiger partial charge in [0.1, 0.15) is 5.75 Å². The molecule has 0 unspecified atom stereocenters. The van der Waals surface area contributed by atoms with E-state index in [1.807, 2.05) is 6.07 Å². The maximum atomic E-state index is 5.91. The molecular weight excluding hydrogens is 262 g/mol. The molecule has 1 heterocycles. The van der Waals surface area contributed by atoms with Crippen LogP contribution < -0.4 is 10.5 Å². The summed E-state index contributed by atoms with van der Waals surface area (Å²) in [6, 6.07) is 8.40. The monoisotopic (exact) mass is 291 g/mol. The molecule has 1 aliphatic heterocycles. The molecule has 0 aromatic heterocycles. The summed E-state index contributed by atoms with van der Waals surface area (Å²) in [7, 11) is 0. The molecule has 1 aromatic rings. The van der Waals surface area contributed by atoms with E-state index in [0.717, 1.165) is 58.0 Å². The first-order valence-corrected chi connectivity index (χ1v) is 8.08. The number of nitrogens with zero attached hydrogens (tertiary/aromatic N) is 2. The molecule has 2 N–H and O–H groups in total. The summed E-state index contributed by atoms with van der Waals surface area (Å²) in [4.78, 5) is 5.03. The van der Waals surface area contributed by atoms with Crippen molar-refractivity contribution >= 4 is 0 Å². The summed E-state index contributed by atoms with van der Waals surface area (Å²) in [5.41, 5.74) is 6.87. The average Bonchev–Trinajstić information content (AvgIpc) is 2.48. The molecule has 1 saturated heterocycles. The summed E-state index contributed by atoms with van der Waals surface area (Å²) in [5, 5.41) is 0. The van der Waals surface area contributed by atoms with Crippen molar-refractivity contribution in [1.29, 1.82) is 0 Å². The maximum absolute atomic E-state index is 5.91. The van der Waals surface area contributed by atoms with Crippen LogP contribution in [0.4, 0.5) is 0 Å². The highest BCUT2D eigenvalue weighted by atomic mass is 16.5. The minimum atomic E-state index is 0.222. The van der Waals surface area contributed by atoms with Gasteiger partial charge in [-0.15, -0.1) is 0 Å². The zero-order chi connectivity index (χ0) is 15.1. The van der Waals surface area contributed by atoms with Gasteiger partial charge >= 0.3 is 0 Å². The molecule has 1 aromatic carbocycles. The quantitative estimate of drug-likeness (QED) is 0.833. The third-order valence-electron chi connectivity index (χ3n) is 3.87. The molecular formula is C17H29N3O. The number of hydrogen-bond acceptors (Lipinski definition) is 4. The normalized spacial score (nSPS) is 17.3. The molecule has 0 aliphatic carbocycles. The topological polar surface area (TPSA) is 41.7 Å². The highest BCUT2D eigenvalue weighted by molar-refractivity contribution is 5.33. The molecule has 0 atom stereocenters. The molecule has 2 rings (SSSR count). The fraction of sp³-hybridized carbons (Fsp3) is 0.647. The van der Waals surface area contributed by atoms with E-state index >= 15 is 0 Å². The third-order valence-corrected chi connectivity index (χ3v) is 3.87. The fourth-order valence-electron chi connectivity index (χ4n) is 2.73. The van der Waals surface area contributed by atoms with Crippen molar-refractivity contribution < 1.29 is 4.74 Å². The number of para-hydroxylation sites is 1. The summed E-state index contributed by atoms with van der Waals surface area (Å²) in [5.74, 6) is 1.03. The van der Waals surface area contributed by atoms with Gasteiger partial charge in [-0.25, -0.2) is 0 Å². The van der Waals surface area contributed by atoms with Crippen LogP contribution in [0, 0.1) is 0 Å². The van der Waals surface area contributed by atoms with Crippen LogP contribution in [0.2, 0.25) is 0 Å². The molecule has 0 bridgehead atoms. The Labute approximate surface area is 128 Å². The second-order valence-corrected chi connectivity index (χ2v) is 6.03. The van der Waals surface area contributed by atoms with Gasteiger partial charge in [-0.05, 0) is 39.4 Å². The van der Waals surface area contributed by atoms with E-state index in [9.17, 15) is 0 Å². The van der Waals surface area contributed by atoms with Crippen molar-refractivity contribution in [1.82, 2.24) is 9.80 Å². The van der Waals surface area contributed by atoms with Crippen LogP contribution in [0.25, 0.3) is 0 Å². The van der Waals surface area contributed by atoms with Gasteiger partial charge in [0.2, 0.25) is 0 Å². The summed E-state index contributed by atoms with van der Waals surface area (Å²) in [6.45, 7) is 11.6. The molecule has 1 fully saturated rings. The lowest BCUT2D eigenvalue weighted by atomic mass is 10.1. The van der Waals surface area contributed by atoms with Gasteiger partial charge in [-0.2, -0.15) is 0 Å². The van der Waals surface area contributed by atoms with Crippen molar-refractivity contribution in [2.45, 2.75) is 32.9 Å². The van der Waals surface area contributed by atoms with Crippen LogP contribution in [0.3, 0.4) is 0 Å². The van der Waals surface area contributed by atoms with E-state index in [4.69, 9.17) is 10.5 Å². The van der Waals surface area contributed by atoms with Crippen molar-refractivity contribution in [2.24, 2.45) is 5.73 Å². The van der Waals surface area contributed by atoms with E-state index in [2.05, 4.69) is 41.8 Å². The predicted molar refractivity (Wildman–Crippen MR) is 87.6 cm³/mol. The van der Waals surface area contributed by atoms with Gasteiger partial charge in [-0.1, -0.05) is 18.2 Å². The van der Waals surface area contributed by atoms with E-state index in [1.54, 1.807) is 0 Å². The standard InChI is InChI=1S/C17H29N3O/c1-15(2)21-17-7-4-3-6-16(17)14-20-12-10-19(11-13-20)9-5-8-18/h3-4,6-7,15H,5,8-14,18H2,1-2H3. The number of hydrogen-bond donors (Lipinski definition) is 1. The SMILES string of the molecule is CC(C)Oc1ccccc1CN1CCN(CCCN)CC1. The Kier molecular flexibility index (Phi) is 6.49. The van der Waals surface area contributed by atoms with Crippen LogP contribution >= 0.6 is 0 Å². The van der Waals surface area contributed by atoms with Gasteiger partial charge in [0.15, 0.2) is 0 Å². The van der Waals surface area contributed by atoms with Gasteiger partial charge in [0.25, 0.3) is 0 Å². The Bertz CT molecular complexity index is 414. The minimum Gasteiger partial charge on any atom is -0.491 e. The number of nitrogens with two attached hydrogens (primary N) is 1. The number of rotatable bonds is 7.